The van der Waals surface area contributed by atoms with Gasteiger partial charge >= 0.3 is 0 Å². The normalized spacial score (nSPS) is 11.7. The molecule has 0 spiro atoms. The molecule has 1 N–H and O–H groups in total. The number of aromatic nitrogens is 1. The monoisotopic (exact) mass is 337 g/mol. The molecule has 1 aromatic carbocycles. The Morgan fingerprint density at radius 2 is 2.18 bits per heavy atom. The minimum absolute atomic E-state index is 0.123. The van der Waals surface area contributed by atoms with Gasteiger partial charge in [-0.1, -0.05) is 29.4 Å². The van der Waals surface area contributed by atoms with Gasteiger partial charge in [-0.25, -0.2) is 4.98 Å². The van der Waals surface area contributed by atoms with Gasteiger partial charge in [-0.3, -0.25) is 14.9 Å². The molecule has 114 valence electrons. The summed E-state index contributed by atoms with van der Waals surface area (Å²) in [5, 5.41) is 13.8. The molecule has 1 heterocycles. The second-order valence-electron chi connectivity index (χ2n) is 4.34. The number of amides is 1. The number of hydrogen-bond donors (Lipinski definition) is 1. The average molecular weight is 338 g/mol. The van der Waals surface area contributed by atoms with Gasteiger partial charge in [-0.2, -0.15) is 0 Å². The molecule has 2 rings (SSSR count). The molecule has 0 aliphatic carbocycles. The van der Waals surface area contributed by atoms with Crippen molar-refractivity contribution >= 4 is 40.6 Å². The first-order chi connectivity index (χ1) is 10.5. The van der Waals surface area contributed by atoms with Gasteiger partial charge in [0, 0.05) is 18.3 Å². The van der Waals surface area contributed by atoms with E-state index in [-0.39, 0.29) is 21.9 Å². The molecule has 0 aliphatic heterocycles. The number of nitrogens with one attached hydrogen (secondary N) is 1. The van der Waals surface area contributed by atoms with Crippen molar-refractivity contribution in [2.75, 3.05) is 5.32 Å². The Hall–Kier alpha value is -2.12. The van der Waals surface area contributed by atoms with Crippen molar-refractivity contribution in [1.29, 1.82) is 0 Å². The number of halogens is 1. The van der Waals surface area contributed by atoms with Crippen molar-refractivity contribution in [3.8, 4) is 0 Å². The standard InChI is InChI=1S/C14H12ClN3O3S/c1-9(22-13-4-2-3-7-16-13)14(19)17-12-6-5-10(18(20)21)8-11(12)15/h2-9H,1H3,(H,17,19)/t9-/m0/s1. The number of carbonyl (C=O) groups is 1. The van der Waals surface area contributed by atoms with Crippen LogP contribution in [0.3, 0.4) is 0 Å². The van der Waals surface area contributed by atoms with Crippen molar-refractivity contribution < 1.29 is 9.72 Å². The Bertz CT molecular complexity index is 697. The van der Waals surface area contributed by atoms with Crippen molar-refractivity contribution in [1.82, 2.24) is 4.98 Å². The number of thioether (sulfide) groups is 1. The highest BCUT2D eigenvalue weighted by Crippen LogP contribution is 2.28. The third kappa shape index (κ3) is 4.19. The first kappa shape index (κ1) is 16.3. The molecule has 6 nitrogen and oxygen atoms in total. The third-order valence-electron chi connectivity index (χ3n) is 2.73. The number of nitro benzene ring substituents is 1. The number of rotatable bonds is 5. The van der Waals surface area contributed by atoms with Crippen LogP contribution in [0, 0.1) is 10.1 Å². The molecule has 0 unspecified atom stereocenters. The average Bonchev–Trinajstić information content (AvgIpc) is 2.50. The van der Waals surface area contributed by atoms with Crippen LogP contribution in [0.2, 0.25) is 5.02 Å². The number of non-ortho nitro benzene ring substituents is 1. The molecule has 1 atom stereocenters. The predicted molar refractivity (Wildman–Crippen MR) is 86.3 cm³/mol. The van der Waals surface area contributed by atoms with E-state index in [2.05, 4.69) is 10.3 Å². The summed E-state index contributed by atoms with van der Waals surface area (Å²) in [5.74, 6) is -0.258. The predicted octanol–water partition coefficient (Wildman–Crippen LogP) is 3.76. The second-order valence-corrected chi connectivity index (χ2v) is 6.11. The van der Waals surface area contributed by atoms with E-state index in [1.165, 1.54) is 30.0 Å². The lowest BCUT2D eigenvalue weighted by Gasteiger charge is -2.12. The van der Waals surface area contributed by atoms with E-state index in [1.54, 1.807) is 19.2 Å². The number of nitro groups is 1. The molecule has 1 amide bonds. The van der Waals surface area contributed by atoms with E-state index < -0.39 is 4.92 Å². The number of anilines is 1. The number of carbonyl (C=O) groups excluding carboxylic acids is 1. The van der Waals surface area contributed by atoms with Crippen molar-refractivity contribution in [2.24, 2.45) is 0 Å². The first-order valence-corrected chi connectivity index (χ1v) is 7.55. The maximum atomic E-state index is 12.1. The molecule has 0 saturated carbocycles. The zero-order valence-corrected chi connectivity index (χ0v) is 13.1. The Kier molecular flexibility index (Phi) is 5.35. The quantitative estimate of drug-likeness (QED) is 0.510. The summed E-state index contributed by atoms with van der Waals surface area (Å²) < 4.78 is 0. The smallest absolute Gasteiger partial charge is 0.271 e. The first-order valence-electron chi connectivity index (χ1n) is 6.30. The van der Waals surface area contributed by atoms with Gasteiger partial charge in [0.2, 0.25) is 5.91 Å². The summed E-state index contributed by atoms with van der Waals surface area (Å²) in [5.41, 5.74) is 0.213. The highest BCUT2D eigenvalue weighted by molar-refractivity contribution is 8.00. The molecule has 0 bridgehead atoms. The van der Waals surface area contributed by atoms with Gasteiger partial charge in [0.25, 0.3) is 5.69 Å². The number of pyridine rings is 1. The number of benzene rings is 1. The summed E-state index contributed by atoms with van der Waals surface area (Å²) in [7, 11) is 0. The van der Waals surface area contributed by atoms with Gasteiger partial charge < -0.3 is 5.32 Å². The molecule has 0 aliphatic rings. The number of hydrogen-bond acceptors (Lipinski definition) is 5. The Morgan fingerprint density at radius 1 is 1.41 bits per heavy atom. The van der Waals surface area contributed by atoms with E-state index in [0.717, 1.165) is 5.03 Å². The minimum atomic E-state index is -0.545. The van der Waals surface area contributed by atoms with Crippen LogP contribution >= 0.6 is 23.4 Å². The second kappa shape index (κ2) is 7.24. The van der Waals surface area contributed by atoms with Crippen LogP contribution in [0.25, 0.3) is 0 Å². The largest absolute Gasteiger partial charge is 0.324 e. The molecule has 0 fully saturated rings. The fraction of sp³-hybridized carbons (Fsp3) is 0.143. The van der Waals surface area contributed by atoms with E-state index in [0.29, 0.717) is 5.69 Å². The highest BCUT2D eigenvalue weighted by atomic mass is 35.5. The van der Waals surface area contributed by atoms with Crippen LogP contribution in [-0.4, -0.2) is 21.1 Å². The van der Waals surface area contributed by atoms with Crippen LogP contribution in [0.5, 0.6) is 0 Å². The molecule has 1 aromatic heterocycles. The minimum Gasteiger partial charge on any atom is -0.324 e. The Morgan fingerprint density at radius 3 is 2.77 bits per heavy atom. The van der Waals surface area contributed by atoms with Gasteiger partial charge in [-0.15, -0.1) is 0 Å². The molecule has 8 heteroatoms. The summed E-state index contributed by atoms with van der Waals surface area (Å²) in [6, 6.07) is 9.36. The molecule has 22 heavy (non-hydrogen) atoms. The molecular weight excluding hydrogens is 326 g/mol. The molecule has 0 saturated heterocycles. The molecule has 0 radical (unpaired) electrons. The van der Waals surface area contributed by atoms with Crippen LogP contribution in [-0.2, 0) is 4.79 Å². The van der Waals surface area contributed by atoms with Gasteiger partial charge in [0.1, 0.15) is 0 Å². The zero-order valence-electron chi connectivity index (χ0n) is 11.5. The lowest BCUT2D eigenvalue weighted by molar-refractivity contribution is -0.384. The molecular formula is C14H12ClN3O3S. The van der Waals surface area contributed by atoms with Gasteiger partial charge in [-0.05, 0) is 25.1 Å². The van der Waals surface area contributed by atoms with E-state index >= 15 is 0 Å². The van der Waals surface area contributed by atoms with E-state index in [9.17, 15) is 14.9 Å². The Labute approximate surface area is 136 Å². The Balaban J connectivity index is 2.04. The molecule has 2 aromatic rings. The fourth-order valence-corrected chi connectivity index (χ4v) is 2.63. The van der Waals surface area contributed by atoms with Gasteiger partial charge in [0.05, 0.1) is 25.9 Å². The summed E-state index contributed by atoms with van der Waals surface area (Å²) in [6.45, 7) is 1.74. The van der Waals surface area contributed by atoms with Crippen molar-refractivity contribution in [3.63, 3.8) is 0 Å². The van der Waals surface area contributed by atoms with E-state index in [1.807, 2.05) is 12.1 Å². The summed E-state index contributed by atoms with van der Waals surface area (Å²) in [6.07, 6.45) is 1.65. The lowest BCUT2D eigenvalue weighted by Crippen LogP contribution is -2.22. The highest BCUT2D eigenvalue weighted by Gasteiger charge is 2.17. The third-order valence-corrected chi connectivity index (χ3v) is 4.09. The maximum absolute atomic E-state index is 12.1. The zero-order chi connectivity index (χ0) is 16.1. The topological polar surface area (TPSA) is 85.1 Å². The van der Waals surface area contributed by atoms with Crippen LogP contribution in [0.15, 0.2) is 47.6 Å². The van der Waals surface area contributed by atoms with Crippen molar-refractivity contribution in [3.05, 3.63) is 57.7 Å². The van der Waals surface area contributed by atoms with Crippen LogP contribution in [0.1, 0.15) is 6.92 Å². The van der Waals surface area contributed by atoms with Crippen molar-refractivity contribution in [2.45, 2.75) is 17.2 Å². The van der Waals surface area contributed by atoms with Crippen LogP contribution in [0.4, 0.5) is 11.4 Å². The van der Waals surface area contributed by atoms with Gasteiger partial charge in [0.15, 0.2) is 0 Å². The maximum Gasteiger partial charge on any atom is 0.271 e. The van der Waals surface area contributed by atoms with E-state index in [4.69, 9.17) is 11.6 Å². The fourth-order valence-electron chi connectivity index (χ4n) is 1.60. The summed E-state index contributed by atoms with van der Waals surface area (Å²) in [4.78, 5) is 26.4. The lowest BCUT2D eigenvalue weighted by atomic mass is 10.2. The SMILES string of the molecule is C[C@H](Sc1ccccn1)C(=O)Nc1ccc([N+](=O)[O-])cc1Cl. The van der Waals surface area contributed by atoms with Crippen LogP contribution < -0.4 is 5.32 Å². The summed E-state index contributed by atoms with van der Waals surface area (Å²) >= 11 is 7.25. The number of nitrogens with zero attached hydrogens (tertiary/aromatic N) is 2.